The predicted octanol–water partition coefficient (Wildman–Crippen LogP) is 3.66. The molecular formula is C15H20Cl2N2. The molecule has 4 heteroatoms. The third kappa shape index (κ3) is 2.78. The summed E-state index contributed by atoms with van der Waals surface area (Å²) in [6, 6.07) is 7.18. The van der Waals surface area contributed by atoms with Gasteiger partial charge in [0.1, 0.15) is 0 Å². The number of rotatable bonds is 2. The van der Waals surface area contributed by atoms with Crippen molar-refractivity contribution in [2.45, 2.75) is 38.4 Å². The van der Waals surface area contributed by atoms with Crippen molar-refractivity contribution in [1.29, 1.82) is 0 Å². The first kappa shape index (κ1) is 13.7. The summed E-state index contributed by atoms with van der Waals surface area (Å²) in [5.74, 6) is 0. The predicted molar refractivity (Wildman–Crippen MR) is 80.9 cm³/mol. The first-order valence-electron chi connectivity index (χ1n) is 7.07. The lowest BCUT2D eigenvalue weighted by Gasteiger charge is -2.43. The number of hydrogen-bond donors (Lipinski definition) is 0. The minimum absolute atomic E-state index is 0.614. The molecule has 2 unspecified atom stereocenters. The van der Waals surface area contributed by atoms with Crippen molar-refractivity contribution in [2.24, 2.45) is 0 Å². The van der Waals surface area contributed by atoms with E-state index >= 15 is 0 Å². The Hall–Kier alpha value is -0.280. The highest BCUT2D eigenvalue weighted by molar-refractivity contribution is 6.35. The molecule has 0 radical (unpaired) electrons. The van der Waals surface area contributed by atoms with Gasteiger partial charge in [-0.3, -0.25) is 9.80 Å². The molecule has 2 atom stereocenters. The van der Waals surface area contributed by atoms with Crippen LogP contribution in [-0.4, -0.2) is 41.5 Å². The summed E-state index contributed by atoms with van der Waals surface area (Å²) >= 11 is 12.2. The summed E-state index contributed by atoms with van der Waals surface area (Å²) in [6.07, 6.45) is 2.69. The van der Waals surface area contributed by atoms with Gasteiger partial charge in [-0.25, -0.2) is 0 Å². The van der Waals surface area contributed by atoms with E-state index in [1.807, 2.05) is 12.1 Å². The van der Waals surface area contributed by atoms with E-state index in [1.165, 1.54) is 31.5 Å². The van der Waals surface area contributed by atoms with E-state index in [-0.39, 0.29) is 0 Å². The Balaban J connectivity index is 1.72. The zero-order chi connectivity index (χ0) is 13.4. The van der Waals surface area contributed by atoms with Gasteiger partial charge in [-0.05, 0) is 44.0 Å². The van der Waals surface area contributed by atoms with Crippen LogP contribution in [0.25, 0.3) is 0 Å². The molecule has 2 fully saturated rings. The highest BCUT2D eigenvalue weighted by Crippen LogP contribution is 2.29. The average molecular weight is 299 g/mol. The number of piperazine rings is 1. The second-order valence-electron chi connectivity index (χ2n) is 5.69. The number of benzene rings is 1. The van der Waals surface area contributed by atoms with Crippen molar-refractivity contribution in [3.05, 3.63) is 33.8 Å². The summed E-state index contributed by atoms with van der Waals surface area (Å²) in [4.78, 5) is 5.20. The fourth-order valence-corrected chi connectivity index (χ4v) is 3.94. The molecule has 3 rings (SSSR count). The molecule has 0 bridgehead atoms. The van der Waals surface area contributed by atoms with Crippen LogP contribution in [-0.2, 0) is 6.54 Å². The van der Waals surface area contributed by atoms with Gasteiger partial charge in [0.05, 0.1) is 0 Å². The summed E-state index contributed by atoms with van der Waals surface area (Å²) in [5, 5.41) is 1.50. The van der Waals surface area contributed by atoms with Crippen LogP contribution < -0.4 is 0 Å². The van der Waals surface area contributed by atoms with E-state index in [0.29, 0.717) is 11.1 Å². The summed E-state index contributed by atoms with van der Waals surface area (Å²) < 4.78 is 0. The minimum Gasteiger partial charge on any atom is -0.298 e. The maximum atomic E-state index is 6.29. The lowest BCUT2D eigenvalue weighted by atomic mass is 10.0. The van der Waals surface area contributed by atoms with Crippen LogP contribution in [0.2, 0.25) is 10.0 Å². The van der Waals surface area contributed by atoms with Gasteiger partial charge in [0, 0.05) is 41.8 Å². The molecule has 2 heterocycles. The van der Waals surface area contributed by atoms with Gasteiger partial charge in [-0.15, -0.1) is 0 Å². The van der Waals surface area contributed by atoms with Crippen LogP contribution in [0.1, 0.15) is 25.3 Å². The van der Waals surface area contributed by atoms with Crippen LogP contribution >= 0.6 is 23.2 Å². The topological polar surface area (TPSA) is 6.48 Å². The summed E-state index contributed by atoms with van der Waals surface area (Å²) in [6.45, 7) is 6.90. The Morgan fingerprint density at radius 1 is 1.21 bits per heavy atom. The Kier molecular flexibility index (Phi) is 4.04. The molecule has 1 aromatic rings. The standard InChI is InChI=1S/C15H20Cl2N2/c1-11-15-3-2-6-18(15)7-8-19(11)10-12-4-5-13(16)9-14(12)17/h4-5,9,11,15H,2-3,6-8,10H2,1H3. The fraction of sp³-hybridized carbons (Fsp3) is 0.600. The lowest BCUT2D eigenvalue weighted by molar-refractivity contribution is 0.0470. The molecule has 19 heavy (non-hydrogen) atoms. The van der Waals surface area contributed by atoms with Crippen molar-refractivity contribution in [3.63, 3.8) is 0 Å². The Bertz CT molecular complexity index is 463. The summed E-state index contributed by atoms with van der Waals surface area (Å²) in [7, 11) is 0. The molecule has 2 nitrogen and oxygen atoms in total. The summed E-state index contributed by atoms with van der Waals surface area (Å²) in [5.41, 5.74) is 1.18. The lowest BCUT2D eigenvalue weighted by Crippen LogP contribution is -2.55. The molecule has 2 aliphatic heterocycles. The van der Waals surface area contributed by atoms with E-state index < -0.39 is 0 Å². The van der Waals surface area contributed by atoms with Crippen molar-refractivity contribution in [3.8, 4) is 0 Å². The molecule has 0 amide bonds. The number of fused-ring (bicyclic) bond motifs is 1. The zero-order valence-corrected chi connectivity index (χ0v) is 12.8. The van der Waals surface area contributed by atoms with Crippen LogP contribution in [0, 0.1) is 0 Å². The van der Waals surface area contributed by atoms with Crippen LogP contribution in [0.15, 0.2) is 18.2 Å². The molecule has 0 N–H and O–H groups in total. The molecule has 104 valence electrons. The molecule has 1 aromatic carbocycles. The van der Waals surface area contributed by atoms with Gasteiger partial charge >= 0.3 is 0 Å². The third-order valence-corrected chi connectivity index (χ3v) is 5.20. The van der Waals surface area contributed by atoms with Crippen LogP contribution in [0.3, 0.4) is 0 Å². The van der Waals surface area contributed by atoms with E-state index in [4.69, 9.17) is 23.2 Å². The average Bonchev–Trinajstić information content (AvgIpc) is 2.85. The maximum absolute atomic E-state index is 6.29. The highest BCUT2D eigenvalue weighted by atomic mass is 35.5. The van der Waals surface area contributed by atoms with Gasteiger partial charge in [0.2, 0.25) is 0 Å². The van der Waals surface area contributed by atoms with E-state index in [2.05, 4.69) is 22.8 Å². The van der Waals surface area contributed by atoms with E-state index in [1.54, 1.807) is 0 Å². The number of hydrogen-bond acceptors (Lipinski definition) is 2. The smallest absolute Gasteiger partial charge is 0.0465 e. The Labute approximate surface area is 125 Å². The molecule has 2 aliphatic rings. The molecule has 0 aliphatic carbocycles. The molecule has 0 spiro atoms. The van der Waals surface area contributed by atoms with Gasteiger partial charge in [0.25, 0.3) is 0 Å². The zero-order valence-electron chi connectivity index (χ0n) is 11.3. The largest absolute Gasteiger partial charge is 0.298 e. The van der Waals surface area contributed by atoms with Crippen LogP contribution in [0.4, 0.5) is 0 Å². The van der Waals surface area contributed by atoms with Crippen molar-refractivity contribution < 1.29 is 0 Å². The third-order valence-electron chi connectivity index (χ3n) is 4.61. The molecular weight excluding hydrogens is 279 g/mol. The first-order chi connectivity index (χ1) is 9.15. The quantitative estimate of drug-likeness (QED) is 0.822. The highest BCUT2D eigenvalue weighted by Gasteiger charge is 2.36. The fourth-order valence-electron chi connectivity index (χ4n) is 3.47. The van der Waals surface area contributed by atoms with Crippen LogP contribution in [0.5, 0.6) is 0 Å². The van der Waals surface area contributed by atoms with E-state index in [9.17, 15) is 0 Å². The van der Waals surface area contributed by atoms with Gasteiger partial charge < -0.3 is 0 Å². The molecule has 0 saturated carbocycles. The van der Waals surface area contributed by atoms with Crippen molar-refractivity contribution in [1.82, 2.24) is 9.80 Å². The van der Waals surface area contributed by atoms with Crippen molar-refractivity contribution >= 4 is 23.2 Å². The van der Waals surface area contributed by atoms with Gasteiger partial charge in [-0.2, -0.15) is 0 Å². The monoisotopic (exact) mass is 298 g/mol. The second kappa shape index (κ2) is 5.61. The first-order valence-corrected chi connectivity index (χ1v) is 7.83. The normalized spacial score (nSPS) is 28.6. The van der Waals surface area contributed by atoms with Crippen molar-refractivity contribution in [2.75, 3.05) is 19.6 Å². The number of halogens is 2. The maximum Gasteiger partial charge on any atom is 0.0465 e. The Morgan fingerprint density at radius 2 is 2.05 bits per heavy atom. The molecule has 2 saturated heterocycles. The van der Waals surface area contributed by atoms with Gasteiger partial charge in [-0.1, -0.05) is 29.3 Å². The minimum atomic E-state index is 0.614. The number of nitrogens with zero attached hydrogens (tertiary/aromatic N) is 2. The molecule has 0 aromatic heterocycles. The Morgan fingerprint density at radius 3 is 2.84 bits per heavy atom. The van der Waals surface area contributed by atoms with Gasteiger partial charge in [0.15, 0.2) is 0 Å². The van der Waals surface area contributed by atoms with E-state index in [0.717, 1.165) is 24.2 Å². The second-order valence-corrected chi connectivity index (χ2v) is 6.54. The SMILES string of the molecule is CC1C2CCCN2CCN1Cc1ccc(Cl)cc1Cl.